The molecular weight excluding hydrogens is 244 g/mol. The van der Waals surface area contributed by atoms with Crippen LogP contribution in [-0.4, -0.2) is 5.91 Å². The average Bonchev–Trinajstić information content (AvgIpc) is 2.29. The Labute approximate surface area is 90.8 Å². The van der Waals surface area contributed by atoms with Gasteiger partial charge < -0.3 is 11.1 Å². The van der Waals surface area contributed by atoms with Gasteiger partial charge in [0.1, 0.15) is 0 Å². The highest BCUT2D eigenvalue weighted by Gasteiger charge is 2.18. The van der Waals surface area contributed by atoms with Crippen LogP contribution in [0.3, 0.4) is 0 Å². The highest BCUT2D eigenvalue weighted by Crippen LogP contribution is 2.30. The molecule has 2 rings (SSSR count). The lowest BCUT2D eigenvalue weighted by atomic mass is 10.0. The van der Waals surface area contributed by atoms with E-state index in [1.165, 1.54) is 0 Å². The van der Waals surface area contributed by atoms with Crippen LogP contribution >= 0.6 is 15.9 Å². The lowest BCUT2D eigenvalue weighted by Crippen LogP contribution is -2.09. The quantitative estimate of drug-likeness (QED) is 0.746. The summed E-state index contributed by atoms with van der Waals surface area (Å²) in [6.07, 6.45) is 1.20. The van der Waals surface area contributed by atoms with Crippen LogP contribution in [0.2, 0.25) is 0 Å². The number of hydrogen-bond donors (Lipinski definition) is 2. The lowest BCUT2D eigenvalue weighted by molar-refractivity contribution is -0.116. The Kier molecular flexibility index (Phi) is 2.56. The molecule has 0 bridgehead atoms. The van der Waals surface area contributed by atoms with Crippen LogP contribution in [-0.2, 0) is 4.79 Å². The molecule has 0 fully saturated rings. The summed E-state index contributed by atoms with van der Waals surface area (Å²) >= 11 is 3.39. The predicted octanol–water partition coefficient (Wildman–Crippen LogP) is 2.18. The first-order valence-corrected chi connectivity index (χ1v) is 5.31. The summed E-state index contributed by atoms with van der Waals surface area (Å²) in [5, 5.41) is 2.84. The Morgan fingerprint density at radius 2 is 2.29 bits per heavy atom. The molecule has 14 heavy (non-hydrogen) atoms. The fraction of sp³-hybridized carbons (Fsp3) is 0.300. The maximum Gasteiger partial charge on any atom is 0.224 e. The minimum atomic E-state index is -0.0542. The first-order chi connectivity index (χ1) is 6.66. The second kappa shape index (κ2) is 3.71. The Morgan fingerprint density at radius 1 is 1.50 bits per heavy atom. The molecule has 1 aliphatic rings. The highest BCUT2D eigenvalue weighted by atomic mass is 79.9. The van der Waals surface area contributed by atoms with E-state index in [0.29, 0.717) is 12.8 Å². The number of carbonyl (C=O) groups excluding carboxylic acids is 1. The molecule has 0 spiro atoms. The third kappa shape index (κ3) is 1.81. The number of fused-ring (bicyclic) bond motifs is 1. The molecule has 1 amide bonds. The number of rotatable bonds is 0. The third-order valence-corrected chi connectivity index (χ3v) is 2.86. The van der Waals surface area contributed by atoms with Crippen molar-refractivity contribution in [2.45, 2.75) is 18.9 Å². The molecule has 1 aliphatic heterocycles. The molecular formula is C10H11BrN2O. The number of halogens is 1. The third-order valence-electron chi connectivity index (χ3n) is 2.37. The van der Waals surface area contributed by atoms with Gasteiger partial charge in [-0.3, -0.25) is 4.79 Å². The summed E-state index contributed by atoms with van der Waals surface area (Å²) < 4.78 is 0.989. The molecule has 1 heterocycles. The lowest BCUT2D eigenvalue weighted by Gasteiger charge is -2.11. The van der Waals surface area contributed by atoms with Crippen LogP contribution in [0.15, 0.2) is 22.7 Å². The zero-order chi connectivity index (χ0) is 10.1. The molecule has 4 heteroatoms. The minimum absolute atomic E-state index is 0.0431. The summed E-state index contributed by atoms with van der Waals surface area (Å²) in [6, 6.07) is 5.69. The van der Waals surface area contributed by atoms with Gasteiger partial charge in [-0.2, -0.15) is 0 Å². The van der Waals surface area contributed by atoms with E-state index in [-0.39, 0.29) is 11.9 Å². The number of amides is 1. The van der Waals surface area contributed by atoms with Gasteiger partial charge in [-0.25, -0.2) is 0 Å². The summed E-state index contributed by atoms with van der Waals surface area (Å²) in [5.41, 5.74) is 7.81. The van der Waals surface area contributed by atoms with Crippen LogP contribution in [0.5, 0.6) is 0 Å². The van der Waals surface area contributed by atoms with Crippen LogP contribution in [0.25, 0.3) is 0 Å². The minimum Gasteiger partial charge on any atom is -0.326 e. The number of anilines is 1. The summed E-state index contributed by atoms with van der Waals surface area (Å²) in [5.74, 6) is 0.0431. The molecule has 1 atom stereocenters. The maximum atomic E-state index is 11.3. The maximum absolute atomic E-state index is 11.3. The number of carbonyl (C=O) groups is 1. The summed E-state index contributed by atoms with van der Waals surface area (Å²) in [4.78, 5) is 11.3. The van der Waals surface area contributed by atoms with Crippen molar-refractivity contribution < 1.29 is 4.79 Å². The van der Waals surface area contributed by atoms with Gasteiger partial charge in [-0.1, -0.05) is 15.9 Å². The molecule has 3 N–H and O–H groups in total. The van der Waals surface area contributed by atoms with Crippen molar-refractivity contribution in [3.8, 4) is 0 Å². The van der Waals surface area contributed by atoms with Gasteiger partial charge in [0.2, 0.25) is 5.91 Å². The second-order valence-electron chi connectivity index (χ2n) is 3.42. The molecule has 0 aromatic heterocycles. The van der Waals surface area contributed by atoms with Gasteiger partial charge >= 0.3 is 0 Å². The Balaban J connectivity index is 2.46. The number of benzene rings is 1. The Hall–Kier alpha value is -0.870. The van der Waals surface area contributed by atoms with Crippen LogP contribution in [0.1, 0.15) is 24.4 Å². The second-order valence-corrected chi connectivity index (χ2v) is 4.34. The predicted molar refractivity (Wildman–Crippen MR) is 58.9 cm³/mol. The van der Waals surface area contributed by atoms with Gasteiger partial charge in [-0.15, -0.1) is 0 Å². The summed E-state index contributed by atoms with van der Waals surface area (Å²) in [6.45, 7) is 0. The Morgan fingerprint density at radius 3 is 3.07 bits per heavy atom. The number of nitrogens with two attached hydrogens (primary N) is 1. The van der Waals surface area contributed by atoms with Crippen molar-refractivity contribution >= 4 is 27.5 Å². The van der Waals surface area contributed by atoms with Gasteiger partial charge in [0.05, 0.1) is 0 Å². The van der Waals surface area contributed by atoms with Crippen molar-refractivity contribution in [2.75, 3.05) is 5.32 Å². The van der Waals surface area contributed by atoms with E-state index < -0.39 is 0 Å². The van der Waals surface area contributed by atoms with E-state index in [4.69, 9.17) is 5.73 Å². The molecule has 0 saturated carbocycles. The van der Waals surface area contributed by atoms with Crippen molar-refractivity contribution in [2.24, 2.45) is 5.73 Å². The van der Waals surface area contributed by atoms with Gasteiger partial charge in [0.25, 0.3) is 0 Å². The molecule has 74 valence electrons. The molecule has 0 aliphatic carbocycles. The highest BCUT2D eigenvalue weighted by molar-refractivity contribution is 9.10. The van der Waals surface area contributed by atoms with Gasteiger partial charge in [0, 0.05) is 22.6 Å². The van der Waals surface area contributed by atoms with Crippen LogP contribution in [0, 0.1) is 0 Å². The molecule has 1 aromatic carbocycles. The molecule has 1 aromatic rings. The number of nitrogens with one attached hydrogen (secondary N) is 1. The topological polar surface area (TPSA) is 55.1 Å². The van der Waals surface area contributed by atoms with E-state index in [0.717, 1.165) is 15.7 Å². The van der Waals surface area contributed by atoms with Gasteiger partial charge in [0.15, 0.2) is 0 Å². The smallest absolute Gasteiger partial charge is 0.224 e. The SMILES string of the molecule is NC1CCC(=O)Nc2ccc(Br)cc21. The first kappa shape index (κ1) is 9.68. The van der Waals surface area contributed by atoms with Crippen molar-refractivity contribution in [1.29, 1.82) is 0 Å². The largest absolute Gasteiger partial charge is 0.326 e. The number of hydrogen-bond acceptors (Lipinski definition) is 2. The van der Waals surface area contributed by atoms with E-state index in [1.807, 2.05) is 18.2 Å². The van der Waals surface area contributed by atoms with E-state index in [1.54, 1.807) is 0 Å². The van der Waals surface area contributed by atoms with E-state index in [2.05, 4.69) is 21.2 Å². The molecule has 0 radical (unpaired) electrons. The van der Waals surface area contributed by atoms with E-state index in [9.17, 15) is 4.79 Å². The Bertz CT molecular complexity index is 378. The fourth-order valence-corrected chi connectivity index (χ4v) is 1.99. The van der Waals surface area contributed by atoms with Crippen LogP contribution in [0.4, 0.5) is 5.69 Å². The zero-order valence-electron chi connectivity index (χ0n) is 7.59. The normalized spacial score (nSPS) is 21.0. The zero-order valence-corrected chi connectivity index (χ0v) is 9.17. The van der Waals surface area contributed by atoms with Crippen molar-refractivity contribution in [1.82, 2.24) is 0 Å². The standard InChI is InChI=1S/C10H11BrN2O/c11-6-1-3-9-7(5-6)8(12)2-4-10(14)13-9/h1,3,5,8H,2,4,12H2,(H,13,14). The van der Waals surface area contributed by atoms with Crippen molar-refractivity contribution in [3.05, 3.63) is 28.2 Å². The van der Waals surface area contributed by atoms with Gasteiger partial charge in [-0.05, 0) is 30.2 Å². The van der Waals surface area contributed by atoms with Crippen molar-refractivity contribution in [3.63, 3.8) is 0 Å². The summed E-state index contributed by atoms with van der Waals surface area (Å²) in [7, 11) is 0. The average molecular weight is 255 g/mol. The molecule has 1 unspecified atom stereocenters. The monoisotopic (exact) mass is 254 g/mol. The van der Waals surface area contributed by atoms with Crippen LogP contribution < -0.4 is 11.1 Å². The fourth-order valence-electron chi connectivity index (χ4n) is 1.61. The first-order valence-electron chi connectivity index (χ1n) is 4.51. The molecule has 3 nitrogen and oxygen atoms in total. The van der Waals surface area contributed by atoms with E-state index >= 15 is 0 Å². The molecule has 0 saturated heterocycles.